The van der Waals surface area contributed by atoms with Gasteiger partial charge in [-0.25, -0.2) is 4.79 Å². The van der Waals surface area contributed by atoms with E-state index >= 15 is 0 Å². The van der Waals surface area contributed by atoms with Gasteiger partial charge >= 0.3 is 11.8 Å². The zero-order valence-corrected chi connectivity index (χ0v) is 10.3. The Hall–Kier alpha value is -1.88. The normalized spacial score (nSPS) is 22.3. The third-order valence-electron chi connectivity index (χ3n) is 2.69. The largest absolute Gasteiger partial charge is 0.461 e. The van der Waals surface area contributed by atoms with E-state index in [1.165, 1.54) is 0 Å². The summed E-state index contributed by atoms with van der Waals surface area (Å²) in [7, 11) is 0. The summed E-state index contributed by atoms with van der Waals surface area (Å²) in [6.07, 6.45) is -0.00507. The van der Waals surface area contributed by atoms with Gasteiger partial charge in [-0.2, -0.15) is 0 Å². The van der Waals surface area contributed by atoms with E-state index < -0.39 is 11.8 Å². The molecule has 0 aliphatic carbocycles. The molecule has 1 heterocycles. The van der Waals surface area contributed by atoms with Crippen LogP contribution in [0.4, 0.5) is 0 Å². The number of nitrogens with zero attached hydrogens (tertiary/aromatic N) is 1. The topological polar surface area (TPSA) is 68.1 Å². The molecule has 5 heteroatoms. The summed E-state index contributed by atoms with van der Waals surface area (Å²) >= 11 is 0. The predicted molar refractivity (Wildman–Crippen MR) is 65.0 cm³/mol. The van der Waals surface area contributed by atoms with Crippen LogP contribution in [-0.2, 0) is 14.4 Å². The molecule has 0 saturated heterocycles. The fourth-order valence-corrected chi connectivity index (χ4v) is 1.68. The first-order valence-corrected chi connectivity index (χ1v) is 5.77. The highest BCUT2D eigenvalue weighted by molar-refractivity contribution is 6.04. The number of aryl methyl sites for hydroxylation is 1. The van der Waals surface area contributed by atoms with E-state index in [0.29, 0.717) is 5.71 Å². The minimum absolute atomic E-state index is 0.00507. The average molecular weight is 249 g/mol. The molecule has 2 rings (SSSR count). The zero-order chi connectivity index (χ0) is 13.2. The number of hydrogen-bond donors (Lipinski definition) is 1. The molecule has 0 saturated carbocycles. The number of benzene rings is 1. The third kappa shape index (κ3) is 2.36. The van der Waals surface area contributed by atoms with Crippen LogP contribution in [0.15, 0.2) is 29.4 Å². The van der Waals surface area contributed by atoms with Crippen LogP contribution in [0.2, 0.25) is 0 Å². The molecule has 1 aliphatic heterocycles. The summed E-state index contributed by atoms with van der Waals surface area (Å²) in [5, 5.41) is 13.7. The van der Waals surface area contributed by atoms with Crippen molar-refractivity contribution in [3.63, 3.8) is 0 Å². The Bertz CT molecular complexity index is 480. The maximum Gasteiger partial charge on any atom is 0.382 e. The summed E-state index contributed by atoms with van der Waals surface area (Å²) in [5.41, 5.74) is 2.48. The molecule has 96 valence electrons. The number of esters is 1. The van der Waals surface area contributed by atoms with Crippen molar-refractivity contribution in [1.29, 1.82) is 0 Å². The van der Waals surface area contributed by atoms with E-state index in [1.54, 1.807) is 6.92 Å². The SMILES string of the molecule is CCOC(=O)C1(O)CC(c2ccc(C)cc2)=NO1. The van der Waals surface area contributed by atoms with Crippen molar-refractivity contribution in [3.05, 3.63) is 35.4 Å². The van der Waals surface area contributed by atoms with Gasteiger partial charge in [0.2, 0.25) is 0 Å². The van der Waals surface area contributed by atoms with E-state index in [4.69, 9.17) is 9.57 Å². The van der Waals surface area contributed by atoms with Crippen molar-refractivity contribution < 1.29 is 19.5 Å². The lowest BCUT2D eigenvalue weighted by Crippen LogP contribution is -2.40. The first kappa shape index (κ1) is 12.6. The molecular formula is C13H15NO4. The number of carbonyl (C=O) groups is 1. The second-order valence-electron chi connectivity index (χ2n) is 4.18. The molecule has 0 amide bonds. The van der Waals surface area contributed by atoms with Gasteiger partial charge in [-0.1, -0.05) is 35.0 Å². The maximum atomic E-state index is 11.5. The van der Waals surface area contributed by atoms with Gasteiger partial charge in [0.25, 0.3) is 0 Å². The fraction of sp³-hybridized carbons (Fsp3) is 0.385. The van der Waals surface area contributed by atoms with Crippen LogP contribution in [0.3, 0.4) is 0 Å². The molecule has 1 aromatic rings. The van der Waals surface area contributed by atoms with Crippen LogP contribution in [-0.4, -0.2) is 29.2 Å². The molecule has 1 unspecified atom stereocenters. The quantitative estimate of drug-likeness (QED) is 0.821. The molecule has 18 heavy (non-hydrogen) atoms. The molecule has 1 N–H and O–H groups in total. The zero-order valence-electron chi connectivity index (χ0n) is 10.3. The van der Waals surface area contributed by atoms with Crippen LogP contribution >= 0.6 is 0 Å². The smallest absolute Gasteiger partial charge is 0.382 e. The summed E-state index contributed by atoms with van der Waals surface area (Å²) in [6, 6.07) is 7.60. The van der Waals surface area contributed by atoms with Gasteiger partial charge in [-0.15, -0.1) is 0 Å². The standard InChI is InChI=1S/C13H15NO4/c1-3-17-12(15)13(16)8-11(14-18-13)10-6-4-9(2)5-7-10/h4-7,16H,3,8H2,1-2H3. The summed E-state index contributed by atoms with van der Waals surface area (Å²) in [4.78, 5) is 16.3. The molecule has 0 fully saturated rings. The molecule has 1 aromatic carbocycles. The lowest BCUT2D eigenvalue weighted by Gasteiger charge is -2.16. The van der Waals surface area contributed by atoms with Gasteiger partial charge in [0.15, 0.2) is 0 Å². The molecule has 1 atom stereocenters. The van der Waals surface area contributed by atoms with Gasteiger partial charge in [0.1, 0.15) is 0 Å². The molecule has 0 radical (unpaired) electrons. The van der Waals surface area contributed by atoms with Gasteiger partial charge < -0.3 is 14.7 Å². The average Bonchev–Trinajstić information content (AvgIpc) is 2.75. The van der Waals surface area contributed by atoms with Gasteiger partial charge in [0, 0.05) is 0 Å². The number of hydrogen-bond acceptors (Lipinski definition) is 5. The molecule has 0 spiro atoms. The van der Waals surface area contributed by atoms with Crippen LogP contribution in [0.25, 0.3) is 0 Å². The highest BCUT2D eigenvalue weighted by atomic mass is 16.8. The monoisotopic (exact) mass is 249 g/mol. The third-order valence-corrected chi connectivity index (χ3v) is 2.69. The minimum atomic E-state index is -1.99. The Kier molecular flexibility index (Phi) is 3.34. The molecular weight excluding hydrogens is 234 g/mol. The Morgan fingerprint density at radius 2 is 2.17 bits per heavy atom. The number of carbonyl (C=O) groups excluding carboxylic acids is 1. The summed E-state index contributed by atoms with van der Waals surface area (Å²) in [5.74, 6) is -2.80. The Labute approximate surface area is 105 Å². The second-order valence-corrected chi connectivity index (χ2v) is 4.18. The number of oxime groups is 1. The Morgan fingerprint density at radius 3 is 2.78 bits per heavy atom. The van der Waals surface area contributed by atoms with Crippen molar-refractivity contribution in [3.8, 4) is 0 Å². The fourth-order valence-electron chi connectivity index (χ4n) is 1.68. The highest BCUT2D eigenvalue weighted by Crippen LogP contribution is 2.25. The summed E-state index contributed by atoms with van der Waals surface area (Å²) < 4.78 is 4.74. The molecule has 5 nitrogen and oxygen atoms in total. The first-order valence-electron chi connectivity index (χ1n) is 5.77. The number of aliphatic hydroxyl groups is 1. The van der Waals surface area contributed by atoms with Crippen LogP contribution in [0.5, 0.6) is 0 Å². The van der Waals surface area contributed by atoms with E-state index in [1.807, 2.05) is 31.2 Å². The minimum Gasteiger partial charge on any atom is -0.461 e. The van der Waals surface area contributed by atoms with Crippen molar-refractivity contribution in [2.45, 2.75) is 26.1 Å². The lowest BCUT2D eigenvalue weighted by molar-refractivity contribution is -0.218. The first-order chi connectivity index (χ1) is 8.55. The highest BCUT2D eigenvalue weighted by Gasteiger charge is 2.46. The van der Waals surface area contributed by atoms with E-state index in [-0.39, 0.29) is 13.0 Å². The second kappa shape index (κ2) is 4.78. The van der Waals surface area contributed by atoms with E-state index in [9.17, 15) is 9.90 Å². The van der Waals surface area contributed by atoms with E-state index in [2.05, 4.69) is 5.16 Å². The Balaban J connectivity index is 2.12. The van der Waals surface area contributed by atoms with Gasteiger partial charge in [0.05, 0.1) is 18.7 Å². The van der Waals surface area contributed by atoms with Crippen LogP contribution in [0, 0.1) is 6.92 Å². The van der Waals surface area contributed by atoms with Crippen molar-refractivity contribution in [2.24, 2.45) is 5.16 Å². The number of ether oxygens (including phenoxy) is 1. The van der Waals surface area contributed by atoms with Gasteiger partial charge in [-0.3, -0.25) is 0 Å². The molecule has 0 bridgehead atoms. The predicted octanol–water partition coefficient (Wildman–Crippen LogP) is 1.37. The van der Waals surface area contributed by atoms with Crippen molar-refractivity contribution in [1.82, 2.24) is 0 Å². The van der Waals surface area contributed by atoms with Gasteiger partial charge in [-0.05, 0) is 19.4 Å². The number of rotatable bonds is 3. The molecule has 1 aliphatic rings. The Morgan fingerprint density at radius 1 is 1.50 bits per heavy atom. The van der Waals surface area contributed by atoms with Crippen molar-refractivity contribution in [2.75, 3.05) is 6.61 Å². The van der Waals surface area contributed by atoms with Crippen LogP contribution < -0.4 is 0 Å². The van der Waals surface area contributed by atoms with Crippen molar-refractivity contribution >= 4 is 11.7 Å². The summed E-state index contributed by atoms with van der Waals surface area (Å²) in [6.45, 7) is 3.83. The maximum absolute atomic E-state index is 11.5. The van der Waals surface area contributed by atoms with E-state index in [0.717, 1.165) is 11.1 Å². The lowest BCUT2D eigenvalue weighted by atomic mass is 10.0. The molecule has 0 aromatic heterocycles. The van der Waals surface area contributed by atoms with Crippen LogP contribution in [0.1, 0.15) is 24.5 Å².